The molecule has 8 rings (SSSR count). The maximum atomic E-state index is 5.04. The Balaban J connectivity index is 1.26. The van der Waals surface area contributed by atoms with Gasteiger partial charge in [0, 0.05) is 0 Å². The number of fused-ring (bicyclic) bond motifs is 2. The summed E-state index contributed by atoms with van der Waals surface area (Å²) in [6.45, 7) is 13.3. The number of aryl methyl sites for hydroxylation is 2. The summed E-state index contributed by atoms with van der Waals surface area (Å²) in [5.41, 5.74) is 20.8. The zero-order valence-electron chi connectivity index (χ0n) is 30.4. The van der Waals surface area contributed by atoms with Crippen molar-refractivity contribution in [2.75, 3.05) is 0 Å². The first-order valence-corrected chi connectivity index (χ1v) is 21.1. The molecular weight excluding hydrogens is 696 g/mol. The Morgan fingerprint density at radius 2 is 0.902 bits per heavy atom. The summed E-state index contributed by atoms with van der Waals surface area (Å²) in [5.74, 6) is 1.02. The van der Waals surface area contributed by atoms with E-state index in [2.05, 4.69) is 163 Å². The van der Waals surface area contributed by atoms with Crippen molar-refractivity contribution in [2.45, 2.75) is 60.6 Å². The molecule has 0 saturated carbocycles. The van der Waals surface area contributed by atoms with Gasteiger partial charge < -0.3 is 0 Å². The number of hydrogen-bond acceptors (Lipinski definition) is 2. The molecule has 2 heterocycles. The molecule has 0 bridgehead atoms. The molecule has 0 N–H and O–H groups in total. The quantitative estimate of drug-likeness (QED) is 0.155. The molecular formula is C48H44N2Zr. The van der Waals surface area contributed by atoms with E-state index in [1.54, 1.807) is 0 Å². The Morgan fingerprint density at radius 1 is 0.490 bits per heavy atom. The van der Waals surface area contributed by atoms with E-state index in [-0.39, 0.29) is 0 Å². The number of nitrogens with zero attached hydrogens (tertiary/aromatic N) is 2. The van der Waals surface area contributed by atoms with Gasteiger partial charge in [0.1, 0.15) is 0 Å². The van der Waals surface area contributed by atoms with Gasteiger partial charge in [-0.05, 0) is 0 Å². The molecule has 2 nitrogen and oxygen atoms in total. The van der Waals surface area contributed by atoms with Crippen LogP contribution in [-0.2, 0) is 23.2 Å². The topological polar surface area (TPSA) is 25.8 Å². The van der Waals surface area contributed by atoms with Crippen molar-refractivity contribution >= 4 is 23.3 Å². The Labute approximate surface area is 315 Å². The van der Waals surface area contributed by atoms with Crippen molar-refractivity contribution in [3.63, 3.8) is 0 Å². The summed E-state index contributed by atoms with van der Waals surface area (Å²) in [5, 5.41) is 0. The molecule has 51 heavy (non-hydrogen) atoms. The summed E-state index contributed by atoms with van der Waals surface area (Å²) in [7, 11) is 0. The molecule has 4 aromatic carbocycles. The van der Waals surface area contributed by atoms with E-state index in [1.807, 2.05) is 12.4 Å². The van der Waals surface area contributed by atoms with Crippen LogP contribution in [0.3, 0.4) is 0 Å². The minimum atomic E-state index is -1.31. The van der Waals surface area contributed by atoms with Crippen LogP contribution in [0.2, 0.25) is 0 Å². The molecule has 0 radical (unpaired) electrons. The van der Waals surface area contributed by atoms with Gasteiger partial charge in [-0.25, -0.2) is 0 Å². The van der Waals surface area contributed by atoms with Crippen LogP contribution in [0, 0.1) is 13.8 Å². The van der Waals surface area contributed by atoms with Gasteiger partial charge in [-0.3, -0.25) is 0 Å². The van der Waals surface area contributed by atoms with Gasteiger partial charge >= 0.3 is 317 Å². The number of benzene rings is 4. The van der Waals surface area contributed by atoms with Crippen LogP contribution < -0.4 is 0 Å². The van der Waals surface area contributed by atoms with Crippen molar-refractivity contribution in [1.82, 2.24) is 9.97 Å². The Kier molecular flexibility index (Phi) is 9.20. The molecule has 0 aliphatic heterocycles. The summed E-state index contributed by atoms with van der Waals surface area (Å²) in [6.07, 6.45) is 8.99. The number of aromatic nitrogens is 2. The average Bonchev–Trinajstić information content (AvgIpc) is 3.71. The van der Waals surface area contributed by atoms with Gasteiger partial charge in [0.25, 0.3) is 0 Å². The van der Waals surface area contributed by atoms with Crippen LogP contribution in [0.4, 0.5) is 0 Å². The summed E-state index contributed by atoms with van der Waals surface area (Å²) < 4.78 is 0.681. The predicted octanol–water partition coefficient (Wildman–Crippen LogP) is 12.6. The van der Waals surface area contributed by atoms with E-state index < -0.39 is 23.2 Å². The molecule has 2 unspecified atom stereocenters. The summed E-state index contributed by atoms with van der Waals surface area (Å²) in [6, 6.07) is 41.2. The molecule has 250 valence electrons. The van der Waals surface area contributed by atoms with Crippen LogP contribution in [-0.4, -0.2) is 9.97 Å². The first kappa shape index (κ1) is 33.7. The first-order valence-electron chi connectivity index (χ1n) is 18.3. The van der Waals surface area contributed by atoms with Gasteiger partial charge in [0.2, 0.25) is 0 Å². The van der Waals surface area contributed by atoms with Crippen LogP contribution in [0.15, 0.2) is 122 Å². The predicted molar refractivity (Wildman–Crippen MR) is 211 cm³/mol. The Morgan fingerprint density at radius 3 is 1.25 bits per heavy atom. The zero-order valence-corrected chi connectivity index (χ0v) is 32.9. The van der Waals surface area contributed by atoms with Crippen LogP contribution in [0.5, 0.6) is 0 Å². The molecule has 0 amide bonds. The van der Waals surface area contributed by atoms with Crippen LogP contribution >= 0.6 is 0 Å². The minimum absolute atomic E-state index is 0.340. The van der Waals surface area contributed by atoms with E-state index in [1.165, 1.54) is 77.9 Å². The fraction of sp³-hybridized carbons (Fsp3) is 0.208. The second-order valence-corrected chi connectivity index (χ2v) is 18.5. The molecule has 2 atom stereocenters. The second-order valence-electron chi connectivity index (χ2n) is 14.8. The third kappa shape index (κ3) is 6.47. The standard InChI is InChI=1S/2C24H22N.Zr/c2*1-16(2)18-8-10-19(11-9-18)22-6-4-5-20-13-21(14-23(20)22)24-12-7-17(3)15-25-24;/h2*4-16H,1-3H3;. The van der Waals surface area contributed by atoms with Gasteiger partial charge in [-0.1, -0.05) is 0 Å². The summed E-state index contributed by atoms with van der Waals surface area (Å²) >= 11 is -1.31. The summed E-state index contributed by atoms with van der Waals surface area (Å²) in [4.78, 5) is 10.1. The van der Waals surface area contributed by atoms with E-state index in [0.29, 0.717) is 19.1 Å². The first-order chi connectivity index (χ1) is 24.7. The Hall–Kier alpha value is -4.46. The van der Waals surface area contributed by atoms with Crippen molar-refractivity contribution in [2.24, 2.45) is 0 Å². The van der Waals surface area contributed by atoms with Gasteiger partial charge in [0.05, 0.1) is 0 Å². The molecule has 3 heteroatoms. The molecule has 0 fully saturated rings. The third-order valence-corrected chi connectivity index (χ3v) is 15.3. The molecule has 2 aliphatic rings. The fourth-order valence-electron chi connectivity index (χ4n) is 7.65. The number of rotatable bonds is 8. The van der Waals surface area contributed by atoms with Gasteiger partial charge in [0.15, 0.2) is 0 Å². The van der Waals surface area contributed by atoms with Crippen molar-refractivity contribution in [1.29, 1.82) is 0 Å². The molecule has 6 aromatic rings. The second kappa shape index (κ2) is 13.9. The number of allylic oxidation sites excluding steroid dienone is 2. The molecule has 0 saturated heterocycles. The third-order valence-electron chi connectivity index (χ3n) is 10.6. The monoisotopic (exact) mass is 738 g/mol. The SMILES string of the molecule is Cc1ccc(C2=Cc3c(-c4ccc(C(C)C)cc4)cccc3[CH]2[Zr][CH]2C(c3ccc(C)cn3)=Cc3c(-c4ccc(C(C)C)cc4)cccc32)nc1. The molecule has 2 aliphatic carbocycles. The number of hydrogen-bond donors (Lipinski definition) is 0. The van der Waals surface area contributed by atoms with Crippen molar-refractivity contribution in [3.05, 3.63) is 177 Å². The van der Waals surface area contributed by atoms with E-state index >= 15 is 0 Å². The van der Waals surface area contributed by atoms with Gasteiger partial charge in [-0.2, -0.15) is 0 Å². The van der Waals surface area contributed by atoms with E-state index in [9.17, 15) is 0 Å². The van der Waals surface area contributed by atoms with Crippen LogP contribution in [0.1, 0.15) is 103 Å². The Bertz CT molecular complexity index is 2110. The normalized spacial score (nSPS) is 16.2. The fourth-order valence-corrected chi connectivity index (χ4v) is 12.6. The van der Waals surface area contributed by atoms with Crippen molar-refractivity contribution in [3.8, 4) is 22.3 Å². The van der Waals surface area contributed by atoms with E-state index in [0.717, 1.165) is 11.4 Å². The maximum absolute atomic E-state index is 5.04. The number of pyridine rings is 2. The van der Waals surface area contributed by atoms with Crippen LogP contribution in [0.25, 0.3) is 45.6 Å². The zero-order chi connectivity index (χ0) is 35.2. The van der Waals surface area contributed by atoms with Gasteiger partial charge in [-0.15, -0.1) is 0 Å². The van der Waals surface area contributed by atoms with E-state index in [4.69, 9.17) is 9.97 Å². The van der Waals surface area contributed by atoms with Crippen molar-refractivity contribution < 1.29 is 23.2 Å². The molecule has 2 aromatic heterocycles. The average molecular weight is 740 g/mol. The molecule has 0 spiro atoms.